The molecule has 0 unspecified atom stereocenters. The van der Waals surface area contributed by atoms with Crippen molar-refractivity contribution in [1.29, 1.82) is 0 Å². The summed E-state index contributed by atoms with van der Waals surface area (Å²) in [5, 5.41) is 2.70. The monoisotopic (exact) mass is 301 g/mol. The van der Waals surface area contributed by atoms with Crippen molar-refractivity contribution in [2.75, 3.05) is 0 Å². The third kappa shape index (κ3) is 3.30. The van der Waals surface area contributed by atoms with Crippen LogP contribution in [0, 0.1) is 11.6 Å². The molecule has 0 radical (unpaired) electrons. The number of hydrogen-bond donors (Lipinski definition) is 1. The molecule has 1 heterocycles. The first kappa shape index (κ1) is 14.0. The van der Waals surface area contributed by atoms with E-state index >= 15 is 0 Å². The summed E-state index contributed by atoms with van der Waals surface area (Å²) in [4.78, 5) is 12.8. The third-order valence-corrected chi connectivity index (χ3v) is 3.96. The molecule has 1 N–H and O–H groups in total. The van der Waals surface area contributed by atoms with Crippen LogP contribution in [0.4, 0.5) is 8.78 Å². The van der Waals surface area contributed by atoms with Crippen LogP contribution >= 0.6 is 22.9 Å². The highest BCUT2D eigenvalue weighted by molar-refractivity contribution is 7.16. The second-order valence-corrected chi connectivity index (χ2v) is 5.71. The van der Waals surface area contributed by atoms with Gasteiger partial charge in [0.15, 0.2) is 11.6 Å². The Morgan fingerprint density at radius 2 is 2.00 bits per heavy atom. The van der Waals surface area contributed by atoms with Crippen LogP contribution < -0.4 is 5.32 Å². The molecule has 1 atom stereocenters. The van der Waals surface area contributed by atoms with Crippen molar-refractivity contribution in [3.63, 3.8) is 0 Å². The van der Waals surface area contributed by atoms with Crippen LogP contribution in [-0.2, 0) is 0 Å². The zero-order valence-corrected chi connectivity index (χ0v) is 11.5. The SMILES string of the molecule is C[C@@H](NC(=O)c1ccc(F)c(F)c1)c1ccc(Cl)s1. The second-order valence-electron chi connectivity index (χ2n) is 3.97. The van der Waals surface area contributed by atoms with Crippen LogP contribution in [0.15, 0.2) is 30.3 Å². The maximum atomic E-state index is 13.0. The van der Waals surface area contributed by atoms with Gasteiger partial charge in [0, 0.05) is 10.4 Å². The lowest BCUT2D eigenvalue weighted by atomic mass is 10.2. The molecule has 0 aliphatic carbocycles. The Morgan fingerprint density at radius 1 is 1.26 bits per heavy atom. The number of amides is 1. The molecule has 2 rings (SSSR count). The average Bonchev–Trinajstić information content (AvgIpc) is 2.79. The van der Waals surface area contributed by atoms with Crippen LogP contribution in [0.5, 0.6) is 0 Å². The lowest BCUT2D eigenvalue weighted by Gasteiger charge is -2.12. The van der Waals surface area contributed by atoms with Gasteiger partial charge in [-0.2, -0.15) is 0 Å². The van der Waals surface area contributed by atoms with Crippen molar-refractivity contribution in [3.05, 3.63) is 56.7 Å². The van der Waals surface area contributed by atoms with E-state index in [4.69, 9.17) is 11.6 Å². The van der Waals surface area contributed by atoms with Gasteiger partial charge in [0.2, 0.25) is 0 Å². The first-order chi connectivity index (χ1) is 8.97. The van der Waals surface area contributed by atoms with Crippen LogP contribution in [0.1, 0.15) is 28.2 Å². The molecule has 1 aromatic heterocycles. The van der Waals surface area contributed by atoms with Gasteiger partial charge in [-0.1, -0.05) is 11.6 Å². The van der Waals surface area contributed by atoms with E-state index in [1.165, 1.54) is 17.4 Å². The molecule has 0 aliphatic rings. The van der Waals surface area contributed by atoms with Gasteiger partial charge in [-0.15, -0.1) is 11.3 Å². The van der Waals surface area contributed by atoms with Gasteiger partial charge >= 0.3 is 0 Å². The number of halogens is 3. The van der Waals surface area contributed by atoms with E-state index in [1.54, 1.807) is 13.0 Å². The van der Waals surface area contributed by atoms with Gasteiger partial charge in [-0.3, -0.25) is 4.79 Å². The number of rotatable bonds is 3. The van der Waals surface area contributed by atoms with Crippen molar-refractivity contribution in [2.45, 2.75) is 13.0 Å². The highest BCUT2D eigenvalue weighted by Gasteiger charge is 2.14. The van der Waals surface area contributed by atoms with E-state index in [-0.39, 0.29) is 11.6 Å². The Balaban J connectivity index is 2.10. The summed E-state index contributed by atoms with van der Waals surface area (Å²) >= 11 is 7.17. The molecule has 0 fully saturated rings. The topological polar surface area (TPSA) is 29.1 Å². The van der Waals surface area contributed by atoms with Crippen LogP contribution in [-0.4, -0.2) is 5.91 Å². The zero-order valence-electron chi connectivity index (χ0n) is 9.91. The van der Waals surface area contributed by atoms with Crippen molar-refractivity contribution < 1.29 is 13.6 Å². The highest BCUT2D eigenvalue weighted by atomic mass is 35.5. The van der Waals surface area contributed by atoms with E-state index in [9.17, 15) is 13.6 Å². The largest absolute Gasteiger partial charge is 0.345 e. The number of carbonyl (C=O) groups excluding carboxylic acids is 1. The first-order valence-corrected chi connectivity index (χ1v) is 6.68. The summed E-state index contributed by atoms with van der Waals surface area (Å²) < 4.78 is 26.4. The fraction of sp³-hybridized carbons (Fsp3) is 0.154. The molecule has 6 heteroatoms. The lowest BCUT2D eigenvalue weighted by Crippen LogP contribution is -2.26. The standard InChI is InChI=1S/C13H10ClF2NOS/c1-7(11-4-5-12(14)19-11)17-13(18)8-2-3-9(15)10(16)6-8/h2-7H,1H3,(H,17,18)/t7-/m1/s1. The predicted octanol–water partition coefficient (Wildman–Crippen LogP) is 4.17. The van der Waals surface area contributed by atoms with Gasteiger partial charge < -0.3 is 5.32 Å². The van der Waals surface area contributed by atoms with Gasteiger partial charge in [-0.05, 0) is 37.3 Å². The molecule has 1 amide bonds. The minimum absolute atomic E-state index is 0.0772. The van der Waals surface area contributed by atoms with E-state index < -0.39 is 17.5 Å². The average molecular weight is 302 g/mol. The minimum Gasteiger partial charge on any atom is -0.345 e. The second kappa shape index (κ2) is 5.67. The molecule has 1 aromatic carbocycles. The summed E-state index contributed by atoms with van der Waals surface area (Å²) in [6.45, 7) is 1.79. The van der Waals surface area contributed by atoms with Crippen LogP contribution in [0.25, 0.3) is 0 Å². The predicted molar refractivity (Wildman–Crippen MR) is 71.6 cm³/mol. The molecule has 0 spiro atoms. The summed E-state index contributed by atoms with van der Waals surface area (Å²) in [5.41, 5.74) is 0.0772. The Morgan fingerprint density at radius 3 is 2.58 bits per heavy atom. The maximum absolute atomic E-state index is 13.0. The highest BCUT2D eigenvalue weighted by Crippen LogP contribution is 2.26. The lowest BCUT2D eigenvalue weighted by molar-refractivity contribution is 0.0940. The van der Waals surface area contributed by atoms with Crippen LogP contribution in [0.3, 0.4) is 0 Å². The molecule has 19 heavy (non-hydrogen) atoms. The molecule has 100 valence electrons. The molecule has 0 saturated carbocycles. The summed E-state index contributed by atoms with van der Waals surface area (Å²) in [6, 6.07) is 6.33. The Hall–Kier alpha value is -1.46. The molecule has 0 saturated heterocycles. The normalized spacial score (nSPS) is 12.2. The Bertz CT molecular complexity index is 614. The Kier molecular flexibility index (Phi) is 4.17. The van der Waals surface area contributed by atoms with Crippen molar-refractivity contribution >= 4 is 28.8 Å². The van der Waals surface area contributed by atoms with Gasteiger partial charge in [0.1, 0.15) is 0 Å². The Labute approximate surface area is 118 Å². The summed E-state index contributed by atoms with van der Waals surface area (Å²) in [7, 11) is 0. The molecule has 0 bridgehead atoms. The quantitative estimate of drug-likeness (QED) is 0.905. The zero-order chi connectivity index (χ0) is 14.0. The van der Waals surface area contributed by atoms with Gasteiger partial charge in [0.25, 0.3) is 5.91 Å². The van der Waals surface area contributed by atoms with Gasteiger partial charge in [0.05, 0.1) is 10.4 Å². The maximum Gasteiger partial charge on any atom is 0.251 e. The van der Waals surface area contributed by atoms with E-state index in [0.29, 0.717) is 4.34 Å². The molecule has 2 aromatic rings. The van der Waals surface area contributed by atoms with Crippen molar-refractivity contribution in [3.8, 4) is 0 Å². The van der Waals surface area contributed by atoms with Crippen molar-refractivity contribution in [2.24, 2.45) is 0 Å². The fourth-order valence-electron chi connectivity index (χ4n) is 1.55. The van der Waals surface area contributed by atoms with Crippen LogP contribution in [0.2, 0.25) is 4.34 Å². The first-order valence-electron chi connectivity index (χ1n) is 5.48. The smallest absolute Gasteiger partial charge is 0.251 e. The third-order valence-electron chi connectivity index (χ3n) is 2.55. The minimum atomic E-state index is -1.04. The van der Waals surface area contributed by atoms with E-state index in [2.05, 4.69) is 5.32 Å². The molecule has 0 aliphatic heterocycles. The summed E-state index contributed by atoms with van der Waals surface area (Å²) in [5.74, 6) is -2.48. The van der Waals surface area contributed by atoms with E-state index in [1.807, 2.05) is 6.07 Å². The number of benzene rings is 1. The fourth-order valence-corrected chi connectivity index (χ4v) is 2.61. The molecular weight excluding hydrogens is 292 g/mol. The van der Waals surface area contributed by atoms with Gasteiger partial charge in [-0.25, -0.2) is 8.78 Å². The number of nitrogens with one attached hydrogen (secondary N) is 1. The van der Waals surface area contributed by atoms with E-state index in [0.717, 1.165) is 17.0 Å². The summed E-state index contributed by atoms with van der Waals surface area (Å²) in [6.07, 6.45) is 0. The molecular formula is C13H10ClF2NOS. The van der Waals surface area contributed by atoms with Crippen molar-refractivity contribution in [1.82, 2.24) is 5.32 Å². The number of carbonyl (C=O) groups is 1. The molecule has 2 nitrogen and oxygen atoms in total. The number of hydrogen-bond acceptors (Lipinski definition) is 2. The number of thiophene rings is 1.